The third-order valence-electron chi connectivity index (χ3n) is 3.89. The highest BCUT2D eigenvalue weighted by Gasteiger charge is 2.24. The molecule has 0 bridgehead atoms. The van der Waals surface area contributed by atoms with E-state index in [9.17, 15) is 0 Å². The average molecular weight is 227 g/mol. The Hall–Kier alpha value is -0.0800. The van der Waals surface area contributed by atoms with E-state index in [-0.39, 0.29) is 5.60 Å². The SMILES string of the molecule is CCNCC(C)(CC)OCC1CCCCC1. The highest BCUT2D eigenvalue weighted by atomic mass is 16.5. The molecule has 96 valence electrons. The lowest BCUT2D eigenvalue weighted by Gasteiger charge is -2.32. The summed E-state index contributed by atoms with van der Waals surface area (Å²) in [5.74, 6) is 0.821. The van der Waals surface area contributed by atoms with Crippen molar-refractivity contribution in [1.29, 1.82) is 0 Å². The Morgan fingerprint density at radius 1 is 1.19 bits per heavy atom. The quantitative estimate of drug-likeness (QED) is 0.720. The van der Waals surface area contributed by atoms with E-state index in [1.807, 2.05) is 0 Å². The Labute approximate surface area is 101 Å². The van der Waals surface area contributed by atoms with Gasteiger partial charge in [-0.2, -0.15) is 0 Å². The molecule has 1 unspecified atom stereocenters. The van der Waals surface area contributed by atoms with Crippen molar-refractivity contribution in [3.63, 3.8) is 0 Å². The molecule has 1 N–H and O–H groups in total. The van der Waals surface area contributed by atoms with Crippen LogP contribution in [0.15, 0.2) is 0 Å². The predicted molar refractivity (Wildman–Crippen MR) is 69.8 cm³/mol. The molecule has 0 heterocycles. The zero-order chi connectivity index (χ0) is 11.9. The van der Waals surface area contributed by atoms with Gasteiger partial charge in [0.25, 0.3) is 0 Å². The lowest BCUT2D eigenvalue weighted by molar-refractivity contribution is -0.0536. The average Bonchev–Trinajstić information content (AvgIpc) is 2.35. The van der Waals surface area contributed by atoms with Gasteiger partial charge in [0.2, 0.25) is 0 Å². The van der Waals surface area contributed by atoms with Gasteiger partial charge in [0.15, 0.2) is 0 Å². The molecule has 2 heteroatoms. The summed E-state index contributed by atoms with van der Waals surface area (Å²) in [6, 6.07) is 0. The fraction of sp³-hybridized carbons (Fsp3) is 1.00. The van der Waals surface area contributed by atoms with Crippen molar-refractivity contribution in [2.24, 2.45) is 5.92 Å². The van der Waals surface area contributed by atoms with Crippen LogP contribution in [0.2, 0.25) is 0 Å². The van der Waals surface area contributed by atoms with Crippen LogP contribution in [-0.4, -0.2) is 25.3 Å². The first-order chi connectivity index (χ1) is 7.70. The van der Waals surface area contributed by atoms with Crippen molar-refractivity contribution in [2.45, 2.75) is 64.9 Å². The molecule has 1 aliphatic carbocycles. The maximum Gasteiger partial charge on any atom is 0.0775 e. The Morgan fingerprint density at radius 2 is 1.88 bits per heavy atom. The molecular formula is C14H29NO. The van der Waals surface area contributed by atoms with E-state index in [0.717, 1.165) is 32.0 Å². The van der Waals surface area contributed by atoms with Crippen LogP contribution in [0.25, 0.3) is 0 Å². The summed E-state index contributed by atoms with van der Waals surface area (Å²) in [7, 11) is 0. The molecule has 16 heavy (non-hydrogen) atoms. The number of rotatable bonds is 7. The Bertz CT molecular complexity index is 178. The number of hydrogen-bond acceptors (Lipinski definition) is 2. The fourth-order valence-electron chi connectivity index (χ4n) is 2.34. The van der Waals surface area contributed by atoms with Crippen LogP contribution in [0.3, 0.4) is 0 Å². The standard InChI is InChI=1S/C14H29NO/c1-4-14(3,12-15-5-2)16-11-13-9-7-6-8-10-13/h13,15H,4-12H2,1-3H3. The summed E-state index contributed by atoms with van der Waals surface area (Å²) < 4.78 is 6.16. The highest BCUT2D eigenvalue weighted by molar-refractivity contribution is 4.77. The zero-order valence-electron chi connectivity index (χ0n) is 11.3. The van der Waals surface area contributed by atoms with Crippen molar-refractivity contribution >= 4 is 0 Å². The number of nitrogens with one attached hydrogen (secondary N) is 1. The van der Waals surface area contributed by atoms with Gasteiger partial charge in [0.1, 0.15) is 0 Å². The molecule has 1 atom stereocenters. The molecule has 0 aliphatic heterocycles. The minimum absolute atomic E-state index is 0.0352. The number of likely N-dealkylation sites (N-methyl/N-ethyl adjacent to an activating group) is 1. The predicted octanol–water partition coefficient (Wildman–Crippen LogP) is 3.36. The van der Waals surface area contributed by atoms with Crippen LogP contribution in [0, 0.1) is 5.92 Å². The van der Waals surface area contributed by atoms with Gasteiger partial charge in [-0.15, -0.1) is 0 Å². The molecular weight excluding hydrogens is 198 g/mol. The van der Waals surface area contributed by atoms with Crippen LogP contribution >= 0.6 is 0 Å². The fourth-order valence-corrected chi connectivity index (χ4v) is 2.34. The smallest absolute Gasteiger partial charge is 0.0775 e. The summed E-state index contributed by atoms with van der Waals surface area (Å²) in [4.78, 5) is 0. The van der Waals surface area contributed by atoms with Crippen molar-refractivity contribution in [3.8, 4) is 0 Å². The molecule has 0 aromatic heterocycles. The van der Waals surface area contributed by atoms with Gasteiger partial charge in [-0.05, 0) is 38.6 Å². The van der Waals surface area contributed by atoms with Crippen LogP contribution in [0.1, 0.15) is 59.3 Å². The van der Waals surface area contributed by atoms with Crippen molar-refractivity contribution in [3.05, 3.63) is 0 Å². The highest BCUT2D eigenvalue weighted by Crippen LogP contribution is 2.26. The zero-order valence-corrected chi connectivity index (χ0v) is 11.3. The molecule has 0 radical (unpaired) electrons. The van der Waals surface area contributed by atoms with Crippen LogP contribution < -0.4 is 5.32 Å². The molecule has 0 aromatic rings. The lowest BCUT2D eigenvalue weighted by Crippen LogP contribution is -2.41. The number of ether oxygens (including phenoxy) is 1. The minimum atomic E-state index is 0.0352. The van der Waals surface area contributed by atoms with Crippen LogP contribution in [0.5, 0.6) is 0 Å². The van der Waals surface area contributed by atoms with E-state index in [1.54, 1.807) is 0 Å². The lowest BCUT2D eigenvalue weighted by atomic mass is 9.90. The summed E-state index contributed by atoms with van der Waals surface area (Å²) in [5, 5.41) is 3.40. The maximum atomic E-state index is 6.16. The molecule has 1 fully saturated rings. The molecule has 0 amide bonds. The normalized spacial score (nSPS) is 21.9. The molecule has 0 spiro atoms. The van der Waals surface area contributed by atoms with Crippen molar-refractivity contribution in [1.82, 2.24) is 5.32 Å². The van der Waals surface area contributed by atoms with E-state index in [0.29, 0.717) is 0 Å². The van der Waals surface area contributed by atoms with E-state index in [2.05, 4.69) is 26.1 Å². The second kappa shape index (κ2) is 7.29. The van der Waals surface area contributed by atoms with Crippen molar-refractivity contribution in [2.75, 3.05) is 19.7 Å². The largest absolute Gasteiger partial charge is 0.374 e. The Morgan fingerprint density at radius 3 is 2.44 bits per heavy atom. The van der Waals surface area contributed by atoms with Gasteiger partial charge < -0.3 is 10.1 Å². The minimum Gasteiger partial charge on any atom is -0.374 e. The molecule has 0 saturated heterocycles. The van der Waals surface area contributed by atoms with Gasteiger partial charge in [-0.25, -0.2) is 0 Å². The van der Waals surface area contributed by atoms with Gasteiger partial charge >= 0.3 is 0 Å². The first-order valence-corrected chi connectivity index (χ1v) is 7.05. The van der Waals surface area contributed by atoms with Gasteiger partial charge in [-0.3, -0.25) is 0 Å². The third-order valence-corrected chi connectivity index (χ3v) is 3.89. The van der Waals surface area contributed by atoms with Crippen molar-refractivity contribution < 1.29 is 4.74 Å². The maximum absolute atomic E-state index is 6.16. The summed E-state index contributed by atoms with van der Waals surface area (Å²) in [6.07, 6.45) is 8.09. The van der Waals surface area contributed by atoms with E-state index in [1.165, 1.54) is 32.1 Å². The van der Waals surface area contributed by atoms with Gasteiger partial charge in [0.05, 0.1) is 12.2 Å². The van der Waals surface area contributed by atoms with Gasteiger partial charge in [0, 0.05) is 6.54 Å². The molecule has 0 aromatic carbocycles. The summed E-state index contributed by atoms with van der Waals surface area (Å²) >= 11 is 0. The van der Waals surface area contributed by atoms with E-state index < -0.39 is 0 Å². The topological polar surface area (TPSA) is 21.3 Å². The van der Waals surface area contributed by atoms with Crippen LogP contribution in [0.4, 0.5) is 0 Å². The first kappa shape index (κ1) is 14.0. The van der Waals surface area contributed by atoms with Gasteiger partial charge in [-0.1, -0.05) is 33.1 Å². The summed E-state index contributed by atoms with van der Waals surface area (Å²) in [5.41, 5.74) is 0.0352. The van der Waals surface area contributed by atoms with Crippen LogP contribution in [-0.2, 0) is 4.74 Å². The summed E-state index contributed by atoms with van der Waals surface area (Å²) in [6.45, 7) is 9.58. The molecule has 2 nitrogen and oxygen atoms in total. The van der Waals surface area contributed by atoms with E-state index >= 15 is 0 Å². The molecule has 1 aliphatic rings. The monoisotopic (exact) mass is 227 g/mol. The Balaban J connectivity index is 2.25. The second-order valence-corrected chi connectivity index (χ2v) is 5.40. The first-order valence-electron chi connectivity index (χ1n) is 7.05. The Kier molecular flexibility index (Phi) is 6.37. The number of hydrogen-bond donors (Lipinski definition) is 1. The third kappa shape index (κ3) is 4.84. The molecule has 1 saturated carbocycles. The molecule has 1 rings (SSSR count). The second-order valence-electron chi connectivity index (χ2n) is 5.40. The van der Waals surface area contributed by atoms with E-state index in [4.69, 9.17) is 4.74 Å².